The van der Waals surface area contributed by atoms with E-state index in [1.807, 2.05) is 44.2 Å². The molecule has 0 aliphatic carbocycles. The van der Waals surface area contributed by atoms with Gasteiger partial charge in [0.25, 0.3) is 5.91 Å². The minimum atomic E-state index is -1.41. The molecule has 1 heterocycles. The number of benzene rings is 2. The largest absolute Gasteiger partial charge is 0.449 e. The van der Waals surface area contributed by atoms with Crippen LogP contribution in [-0.4, -0.2) is 29.6 Å². The van der Waals surface area contributed by atoms with E-state index in [1.165, 1.54) is 0 Å². The van der Waals surface area contributed by atoms with Crippen molar-refractivity contribution in [2.75, 3.05) is 11.4 Å². The third-order valence-electron chi connectivity index (χ3n) is 4.41. The van der Waals surface area contributed by atoms with E-state index in [0.717, 1.165) is 5.69 Å². The monoisotopic (exact) mass is 339 g/mol. The third kappa shape index (κ3) is 3.42. The maximum atomic E-state index is 12.8. The maximum Gasteiger partial charge on any atom is 0.340 e. The van der Waals surface area contributed by atoms with Gasteiger partial charge in [-0.2, -0.15) is 0 Å². The summed E-state index contributed by atoms with van der Waals surface area (Å²) in [6.07, 6.45) is -2.34. The highest BCUT2D eigenvalue weighted by Gasteiger charge is 2.49. The number of aliphatic hydroxyl groups is 1. The van der Waals surface area contributed by atoms with E-state index in [-0.39, 0.29) is 5.91 Å². The Morgan fingerprint density at radius 2 is 1.68 bits per heavy atom. The average Bonchev–Trinajstić information content (AvgIpc) is 2.86. The summed E-state index contributed by atoms with van der Waals surface area (Å²) in [5.74, 6) is -1.09. The van der Waals surface area contributed by atoms with Crippen molar-refractivity contribution in [3.63, 3.8) is 0 Å². The van der Waals surface area contributed by atoms with Crippen molar-refractivity contribution >= 4 is 17.6 Å². The van der Waals surface area contributed by atoms with Gasteiger partial charge in [-0.1, -0.05) is 62.4 Å². The third-order valence-corrected chi connectivity index (χ3v) is 4.41. The Morgan fingerprint density at radius 1 is 1.12 bits per heavy atom. The van der Waals surface area contributed by atoms with E-state index in [4.69, 9.17) is 4.74 Å². The number of carbonyl (C=O) groups is 2. The van der Waals surface area contributed by atoms with Crippen LogP contribution in [0.15, 0.2) is 60.7 Å². The van der Waals surface area contributed by atoms with Gasteiger partial charge in [0.1, 0.15) is 0 Å². The molecule has 2 aromatic rings. The Balaban J connectivity index is 1.77. The first-order valence-corrected chi connectivity index (χ1v) is 8.20. The smallest absolute Gasteiger partial charge is 0.340 e. The highest BCUT2D eigenvalue weighted by molar-refractivity contribution is 6.01. The summed E-state index contributed by atoms with van der Waals surface area (Å²) in [5, 5.41) is 10.2. The number of nitrogens with zero attached hydrogens (tertiary/aromatic N) is 1. The number of carbonyl (C=O) groups excluding carboxylic acids is 2. The van der Waals surface area contributed by atoms with Crippen molar-refractivity contribution in [3.8, 4) is 0 Å². The quantitative estimate of drug-likeness (QED) is 0.870. The zero-order valence-corrected chi connectivity index (χ0v) is 14.3. The van der Waals surface area contributed by atoms with Crippen LogP contribution in [0.1, 0.15) is 25.5 Å². The molecule has 1 amide bonds. The highest BCUT2D eigenvalue weighted by atomic mass is 16.6. The van der Waals surface area contributed by atoms with Crippen molar-refractivity contribution < 1.29 is 19.4 Å². The Kier molecular flexibility index (Phi) is 4.59. The molecule has 0 bridgehead atoms. The summed E-state index contributed by atoms with van der Waals surface area (Å²) in [6, 6.07) is 17.8. The Hall–Kier alpha value is -2.66. The summed E-state index contributed by atoms with van der Waals surface area (Å²) in [7, 11) is 0. The molecule has 2 aromatic carbocycles. The minimum absolute atomic E-state index is 0.273. The molecule has 0 aromatic heterocycles. The predicted octanol–water partition coefficient (Wildman–Crippen LogP) is 2.70. The van der Waals surface area contributed by atoms with Crippen LogP contribution in [0.4, 0.5) is 5.69 Å². The van der Waals surface area contributed by atoms with E-state index >= 15 is 0 Å². The fourth-order valence-corrected chi connectivity index (χ4v) is 3.03. The fraction of sp³-hybridized carbons (Fsp3) is 0.300. The molecule has 1 fully saturated rings. The zero-order chi connectivity index (χ0) is 18.0. The lowest BCUT2D eigenvalue weighted by molar-refractivity contribution is -0.167. The first-order valence-electron chi connectivity index (χ1n) is 8.20. The van der Waals surface area contributed by atoms with Gasteiger partial charge in [0.05, 0.1) is 0 Å². The van der Waals surface area contributed by atoms with Crippen molar-refractivity contribution in [2.45, 2.75) is 26.1 Å². The lowest BCUT2D eigenvalue weighted by atomic mass is 9.89. The Labute approximate surface area is 146 Å². The number of esters is 1. The normalized spacial score (nSPS) is 20.4. The van der Waals surface area contributed by atoms with Gasteiger partial charge < -0.3 is 14.7 Å². The van der Waals surface area contributed by atoms with E-state index in [2.05, 4.69) is 0 Å². The lowest BCUT2D eigenvalue weighted by Gasteiger charge is -2.24. The van der Waals surface area contributed by atoms with Crippen LogP contribution in [-0.2, 0) is 14.3 Å². The average molecular weight is 339 g/mol. The number of rotatable bonds is 4. The molecule has 0 saturated carbocycles. The molecule has 5 nitrogen and oxygen atoms in total. The first-order chi connectivity index (χ1) is 11.9. The molecule has 1 aliphatic heterocycles. The maximum absolute atomic E-state index is 12.8. The van der Waals surface area contributed by atoms with Gasteiger partial charge in [-0.15, -0.1) is 0 Å². The fourth-order valence-electron chi connectivity index (χ4n) is 3.03. The van der Waals surface area contributed by atoms with E-state index in [1.54, 1.807) is 35.2 Å². The molecule has 3 rings (SSSR count). The molecule has 2 atom stereocenters. The minimum Gasteiger partial charge on any atom is -0.449 e. The Morgan fingerprint density at radius 3 is 2.28 bits per heavy atom. The van der Waals surface area contributed by atoms with Crippen LogP contribution in [0.5, 0.6) is 0 Å². The number of hydrogen-bond donors (Lipinski definition) is 1. The lowest BCUT2D eigenvalue weighted by Crippen LogP contribution is -2.37. The van der Waals surface area contributed by atoms with Gasteiger partial charge in [0, 0.05) is 17.6 Å². The number of ether oxygens (including phenoxy) is 1. The van der Waals surface area contributed by atoms with Crippen molar-refractivity contribution in [1.29, 1.82) is 0 Å². The number of aliphatic hydroxyl groups excluding tert-OH is 1. The van der Waals surface area contributed by atoms with Gasteiger partial charge in [-0.05, 0) is 17.7 Å². The van der Waals surface area contributed by atoms with Crippen molar-refractivity contribution in [2.24, 2.45) is 5.41 Å². The van der Waals surface area contributed by atoms with E-state index in [0.29, 0.717) is 12.1 Å². The predicted molar refractivity (Wildman–Crippen MR) is 93.9 cm³/mol. The second-order valence-corrected chi connectivity index (χ2v) is 6.88. The molecule has 1 saturated heterocycles. The number of hydrogen-bond acceptors (Lipinski definition) is 4. The summed E-state index contributed by atoms with van der Waals surface area (Å²) >= 11 is 0. The van der Waals surface area contributed by atoms with Crippen LogP contribution in [0.3, 0.4) is 0 Å². The molecule has 0 radical (unpaired) electrons. The number of amides is 1. The van der Waals surface area contributed by atoms with Crippen LogP contribution >= 0.6 is 0 Å². The Bertz CT molecular complexity index is 758. The molecule has 1 aliphatic rings. The van der Waals surface area contributed by atoms with Gasteiger partial charge in [-0.25, -0.2) is 4.79 Å². The van der Waals surface area contributed by atoms with Crippen LogP contribution in [0, 0.1) is 5.41 Å². The topological polar surface area (TPSA) is 66.8 Å². The molecule has 0 unspecified atom stereocenters. The van der Waals surface area contributed by atoms with Crippen LogP contribution in [0.25, 0.3) is 0 Å². The number of para-hydroxylation sites is 1. The number of anilines is 1. The zero-order valence-electron chi connectivity index (χ0n) is 14.3. The van der Waals surface area contributed by atoms with Gasteiger partial charge in [-0.3, -0.25) is 4.79 Å². The molecule has 1 N–H and O–H groups in total. The molecule has 130 valence electrons. The van der Waals surface area contributed by atoms with E-state index < -0.39 is 23.6 Å². The first kappa shape index (κ1) is 17.2. The van der Waals surface area contributed by atoms with Crippen molar-refractivity contribution in [1.82, 2.24) is 0 Å². The molecular formula is C20H21NO4. The summed E-state index contributed by atoms with van der Waals surface area (Å²) in [5.41, 5.74) is 0.650. The van der Waals surface area contributed by atoms with Crippen LogP contribution < -0.4 is 4.90 Å². The molecule has 0 spiro atoms. The van der Waals surface area contributed by atoms with E-state index in [9.17, 15) is 14.7 Å². The second-order valence-electron chi connectivity index (χ2n) is 6.88. The molecular weight excluding hydrogens is 318 g/mol. The van der Waals surface area contributed by atoms with Crippen LogP contribution in [0.2, 0.25) is 0 Å². The van der Waals surface area contributed by atoms with Crippen molar-refractivity contribution in [3.05, 3.63) is 66.2 Å². The standard InChI is InChI=1S/C20H21NO4/c1-20(2)13-21(15-11-7-4-8-12-15)18(23)17(20)25-19(24)16(22)14-9-5-3-6-10-14/h3-12,16-17,22H,13H2,1-2H3/t16-,17-/m1/s1. The molecule has 5 heteroatoms. The summed E-state index contributed by atoms with van der Waals surface area (Å²) in [4.78, 5) is 26.7. The van der Waals surface area contributed by atoms with Gasteiger partial charge in [0.2, 0.25) is 0 Å². The summed E-state index contributed by atoms with van der Waals surface area (Å²) in [6.45, 7) is 4.19. The molecule has 25 heavy (non-hydrogen) atoms. The van der Waals surface area contributed by atoms with Gasteiger partial charge in [0.15, 0.2) is 12.2 Å². The summed E-state index contributed by atoms with van der Waals surface area (Å²) < 4.78 is 5.43. The highest BCUT2D eigenvalue weighted by Crippen LogP contribution is 2.36. The SMILES string of the molecule is CC1(C)CN(c2ccccc2)C(=O)[C@H]1OC(=O)[C@H](O)c1ccccc1. The van der Waals surface area contributed by atoms with Gasteiger partial charge >= 0.3 is 5.97 Å². The second kappa shape index (κ2) is 6.69.